The standard InChI is InChI=1S/C10H19N5O/c1-4-11-7-9-12-13-14-15(9)10(3)5-6-16-8(10)2/h8,11H,4-7H2,1-3H3. The van der Waals surface area contributed by atoms with Crippen LogP contribution >= 0.6 is 0 Å². The van der Waals surface area contributed by atoms with Gasteiger partial charge in [-0.15, -0.1) is 5.10 Å². The van der Waals surface area contributed by atoms with Gasteiger partial charge in [-0.25, -0.2) is 4.68 Å². The molecule has 0 saturated carbocycles. The van der Waals surface area contributed by atoms with Crippen molar-refractivity contribution >= 4 is 0 Å². The first kappa shape index (κ1) is 11.5. The molecular formula is C10H19N5O. The number of nitrogens with one attached hydrogen (secondary N) is 1. The molecule has 1 aliphatic heterocycles. The van der Waals surface area contributed by atoms with E-state index in [4.69, 9.17) is 4.74 Å². The third kappa shape index (κ3) is 1.82. The van der Waals surface area contributed by atoms with Crippen LogP contribution < -0.4 is 5.32 Å². The highest BCUT2D eigenvalue weighted by Gasteiger charge is 2.41. The molecule has 16 heavy (non-hydrogen) atoms. The molecule has 0 aliphatic carbocycles. The summed E-state index contributed by atoms with van der Waals surface area (Å²) in [6.07, 6.45) is 1.11. The Morgan fingerprint density at radius 1 is 1.62 bits per heavy atom. The monoisotopic (exact) mass is 225 g/mol. The molecule has 1 fully saturated rings. The number of aromatic nitrogens is 4. The van der Waals surface area contributed by atoms with Gasteiger partial charge < -0.3 is 10.1 Å². The quantitative estimate of drug-likeness (QED) is 0.798. The van der Waals surface area contributed by atoms with E-state index >= 15 is 0 Å². The van der Waals surface area contributed by atoms with Crippen molar-refractivity contribution in [3.8, 4) is 0 Å². The van der Waals surface area contributed by atoms with Crippen LogP contribution in [0.2, 0.25) is 0 Å². The fraction of sp³-hybridized carbons (Fsp3) is 0.900. The van der Waals surface area contributed by atoms with E-state index in [2.05, 4.69) is 41.6 Å². The first-order valence-corrected chi connectivity index (χ1v) is 5.78. The molecule has 0 amide bonds. The number of tetrazole rings is 1. The second kappa shape index (κ2) is 4.47. The van der Waals surface area contributed by atoms with Crippen molar-refractivity contribution in [2.24, 2.45) is 0 Å². The van der Waals surface area contributed by atoms with Gasteiger partial charge in [-0.3, -0.25) is 0 Å². The molecule has 2 rings (SSSR count). The summed E-state index contributed by atoms with van der Waals surface area (Å²) in [4.78, 5) is 0. The molecular weight excluding hydrogens is 206 g/mol. The third-order valence-electron chi connectivity index (χ3n) is 3.40. The lowest BCUT2D eigenvalue weighted by Crippen LogP contribution is -2.39. The first-order chi connectivity index (χ1) is 7.68. The highest BCUT2D eigenvalue weighted by molar-refractivity contribution is 4.96. The molecule has 1 aliphatic rings. The molecule has 1 saturated heterocycles. The summed E-state index contributed by atoms with van der Waals surface area (Å²) in [6, 6.07) is 0. The molecule has 0 radical (unpaired) electrons. The minimum atomic E-state index is -0.117. The van der Waals surface area contributed by atoms with Crippen LogP contribution in [-0.4, -0.2) is 39.5 Å². The van der Waals surface area contributed by atoms with Gasteiger partial charge in [0.2, 0.25) is 0 Å². The summed E-state index contributed by atoms with van der Waals surface area (Å²) in [5.41, 5.74) is -0.117. The Bertz CT molecular complexity index is 353. The number of nitrogens with zero attached hydrogens (tertiary/aromatic N) is 4. The Morgan fingerprint density at radius 2 is 2.44 bits per heavy atom. The van der Waals surface area contributed by atoms with Gasteiger partial charge >= 0.3 is 0 Å². The van der Waals surface area contributed by atoms with Crippen LogP contribution in [0, 0.1) is 0 Å². The van der Waals surface area contributed by atoms with Gasteiger partial charge in [0.15, 0.2) is 5.82 Å². The second-order valence-electron chi connectivity index (χ2n) is 4.41. The van der Waals surface area contributed by atoms with E-state index < -0.39 is 0 Å². The van der Waals surface area contributed by atoms with Crippen LogP contribution in [0.3, 0.4) is 0 Å². The largest absolute Gasteiger partial charge is 0.376 e. The van der Waals surface area contributed by atoms with Gasteiger partial charge in [0.25, 0.3) is 0 Å². The van der Waals surface area contributed by atoms with E-state index in [0.717, 1.165) is 25.4 Å². The van der Waals surface area contributed by atoms with Gasteiger partial charge in [-0.05, 0) is 37.2 Å². The topological polar surface area (TPSA) is 64.9 Å². The molecule has 90 valence electrons. The van der Waals surface area contributed by atoms with Crippen molar-refractivity contribution in [3.05, 3.63) is 5.82 Å². The number of ether oxygens (including phenoxy) is 1. The minimum absolute atomic E-state index is 0.117. The Kier molecular flexibility index (Phi) is 3.20. The van der Waals surface area contributed by atoms with E-state index in [9.17, 15) is 0 Å². The summed E-state index contributed by atoms with van der Waals surface area (Å²) in [5.74, 6) is 0.877. The SMILES string of the molecule is CCNCc1nnnn1C1(C)CCOC1C. The van der Waals surface area contributed by atoms with Crippen LogP contribution in [0.25, 0.3) is 0 Å². The average molecular weight is 225 g/mol. The Balaban J connectivity index is 2.22. The van der Waals surface area contributed by atoms with Gasteiger partial charge in [0, 0.05) is 6.61 Å². The van der Waals surface area contributed by atoms with Crippen LogP contribution in [-0.2, 0) is 16.8 Å². The highest BCUT2D eigenvalue weighted by Crippen LogP contribution is 2.32. The summed E-state index contributed by atoms with van der Waals surface area (Å²) in [7, 11) is 0. The maximum atomic E-state index is 5.61. The van der Waals surface area contributed by atoms with Gasteiger partial charge in [-0.2, -0.15) is 0 Å². The van der Waals surface area contributed by atoms with Crippen molar-refractivity contribution in [1.29, 1.82) is 0 Å². The van der Waals surface area contributed by atoms with E-state index in [1.54, 1.807) is 0 Å². The minimum Gasteiger partial charge on any atom is -0.376 e. The number of hydrogen-bond acceptors (Lipinski definition) is 5. The summed E-state index contributed by atoms with van der Waals surface area (Å²) < 4.78 is 7.52. The van der Waals surface area contributed by atoms with Crippen LogP contribution in [0.4, 0.5) is 0 Å². The van der Waals surface area contributed by atoms with Gasteiger partial charge in [0.05, 0.1) is 18.2 Å². The van der Waals surface area contributed by atoms with Crippen molar-refractivity contribution < 1.29 is 4.74 Å². The zero-order chi connectivity index (χ0) is 11.6. The summed E-state index contributed by atoms with van der Waals surface area (Å²) in [6.45, 7) is 8.68. The first-order valence-electron chi connectivity index (χ1n) is 5.78. The molecule has 6 nitrogen and oxygen atoms in total. The summed E-state index contributed by atoms with van der Waals surface area (Å²) >= 11 is 0. The third-order valence-corrected chi connectivity index (χ3v) is 3.40. The predicted octanol–water partition coefficient (Wildman–Crippen LogP) is 0.307. The molecule has 2 atom stereocenters. The lowest BCUT2D eigenvalue weighted by Gasteiger charge is -2.28. The van der Waals surface area contributed by atoms with Crippen LogP contribution in [0.5, 0.6) is 0 Å². The Morgan fingerprint density at radius 3 is 3.06 bits per heavy atom. The zero-order valence-corrected chi connectivity index (χ0v) is 10.1. The van der Waals surface area contributed by atoms with Crippen molar-refractivity contribution in [1.82, 2.24) is 25.5 Å². The average Bonchev–Trinajstić information content (AvgIpc) is 2.85. The van der Waals surface area contributed by atoms with E-state index in [1.165, 1.54) is 0 Å². The fourth-order valence-corrected chi connectivity index (χ4v) is 2.05. The predicted molar refractivity (Wildman–Crippen MR) is 58.9 cm³/mol. The molecule has 0 bridgehead atoms. The van der Waals surface area contributed by atoms with E-state index in [0.29, 0.717) is 6.54 Å². The smallest absolute Gasteiger partial charge is 0.165 e. The normalized spacial score (nSPS) is 29.8. The molecule has 1 N–H and O–H groups in total. The second-order valence-corrected chi connectivity index (χ2v) is 4.41. The van der Waals surface area contributed by atoms with Crippen molar-refractivity contribution in [2.75, 3.05) is 13.2 Å². The molecule has 1 aromatic heterocycles. The maximum absolute atomic E-state index is 5.61. The van der Waals surface area contributed by atoms with Crippen molar-refractivity contribution in [2.45, 2.75) is 45.4 Å². The number of hydrogen-bond donors (Lipinski definition) is 1. The van der Waals surface area contributed by atoms with E-state index in [-0.39, 0.29) is 11.6 Å². The Labute approximate surface area is 95.4 Å². The highest BCUT2D eigenvalue weighted by atomic mass is 16.5. The van der Waals surface area contributed by atoms with Crippen molar-refractivity contribution in [3.63, 3.8) is 0 Å². The fourth-order valence-electron chi connectivity index (χ4n) is 2.05. The molecule has 2 heterocycles. The molecule has 6 heteroatoms. The molecule has 2 unspecified atom stereocenters. The maximum Gasteiger partial charge on any atom is 0.165 e. The van der Waals surface area contributed by atoms with Gasteiger partial charge in [0.1, 0.15) is 0 Å². The summed E-state index contributed by atoms with van der Waals surface area (Å²) in [5, 5.41) is 15.2. The Hall–Kier alpha value is -1.01. The number of rotatable bonds is 4. The molecule has 0 spiro atoms. The van der Waals surface area contributed by atoms with Crippen LogP contribution in [0.1, 0.15) is 33.0 Å². The van der Waals surface area contributed by atoms with E-state index in [1.807, 2.05) is 4.68 Å². The van der Waals surface area contributed by atoms with Crippen LogP contribution in [0.15, 0.2) is 0 Å². The lowest BCUT2D eigenvalue weighted by atomic mass is 9.95. The lowest BCUT2D eigenvalue weighted by molar-refractivity contribution is 0.0683. The molecule has 1 aromatic rings. The molecule has 0 aromatic carbocycles. The van der Waals surface area contributed by atoms with Gasteiger partial charge in [-0.1, -0.05) is 6.92 Å². The zero-order valence-electron chi connectivity index (χ0n) is 10.1.